The molecule has 2 aromatic heterocycles. The molecule has 0 fully saturated rings. The Morgan fingerprint density at radius 1 is 1.33 bits per heavy atom. The first-order chi connectivity index (χ1) is 12.9. The predicted octanol–water partition coefficient (Wildman–Crippen LogP) is 2.05. The van der Waals surface area contributed by atoms with Gasteiger partial charge in [0.05, 0.1) is 10.6 Å². The molecule has 0 saturated heterocycles. The molecular formula is C17H15N5O5. The SMILES string of the molecule is Cc1ccc(NC(=O)COC(=O)c2c(C)nn3cccnc23)cc1[N+](=O)[O-]. The van der Waals surface area contributed by atoms with Crippen LogP contribution in [0.5, 0.6) is 0 Å². The van der Waals surface area contributed by atoms with Gasteiger partial charge >= 0.3 is 5.97 Å². The number of amides is 1. The summed E-state index contributed by atoms with van der Waals surface area (Å²) in [5.74, 6) is -1.35. The van der Waals surface area contributed by atoms with E-state index in [2.05, 4.69) is 15.4 Å². The van der Waals surface area contributed by atoms with E-state index in [0.717, 1.165) is 0 Å². The van der Waals surface area contributed by atoms with Gasteiger partial charge in [0.1, 0.15) is 5.56 Å². The fraction of sp³-hybridized carbons (Fsp3) is 0.176. The summed E-state index contributed by atoms with van der Waals surface area (Å²) in [6, 6.07) is 5.96. The van der Waals surface area contributed by atoms with Crippen LogP contribution in [-0.2, 0) is 9.53 Å². The number of carbonyl (C=O) groups excluding carboxylic acids is 2. The summed E-state index contributed by atoms with van der Waals surface area (Å²) in [6.07, 6.45) is 3.16. The van der Waals surface area contributed by atoms with Crippen molar-refractivity contribution in [3.8, 4) is 0 Å². The second-order valence-corrected chi connectivity index (χ2v) is 5.73. The summed E-state index contributed by atoms with van der Waals surface area (Å²) < 4.78 is 6.47. The maximum absolute atomic E-state index is 12.3. The van der Waals surface area contributed by atoms with Gasteiger partial charge in [0, 0.05) is 29.7 Å². The van der Waals surface area contributed by atoms with E-state index >= 15 is 0 Å². The number of nitrogens with one attached hydrogen (secondary N) is 1. The van der Waals surface area contributed by atoms with E-state index in [1.54, 1.807) is 26.1 Å². The lowest BCUT2D eigenvalue weighted by atomic mass is 10.2. The second kappa shape index (κ2) is 7.20. The van der Waals surface area contributed by atoms with Crippen molar-refractivity contribution in [2.24, 2.45) is 0 Å². The average molecular weight is 369 g/mol. The van der Waals surface area contributed by atoms with Gasteiger partial charge in [0.15, 0.2) is 12.3 Å². The van der Waals surface area contributed by atoms with Crippen LogP contribution in [0.15, 0.2) is 36.7 Å². The van der Waals surface area contributed by atoms with E-state index in [4.69, 9.17) is 4.74 Å². The third kappa shape index (κ3) is 3.73. The fourth-order valence-corrected chi connectivity index (χ4v) is 2.52. The highest BCUT2D eigenvalue weighted by Crippen LogP contribution is 2.22. The Kier molecular flexibility index (Phi) is 4.79. The number of fused-ring (bicyclic) bond motifs is 1. The van der Waals surface area contributed by atoms with Crippen LogP contribution in [0.2, 0.25) is 0 Å². The highest BCUT2D eigenvalue weighted by Gasteiger charge is 2.20. The third-order valence-electron chi connectivity index (χ3n) is 3.80. The maximum atomic E-state index is 12.3. The van der Waals surface area contributed by atoms with E-state index in [-0.39, 0.29) is 16.9 Å². The molecule has 1 amide bonds. The first-order valence-electron chi connectivity index (χ1n) is 7.89. The van der Waals surface area contributed by atoms with Crippen LogP contribution < -0.4 is 5.32 Å². The normalized spacial score (nSPS) is 10.6. The Morgan fingerprint density at radius 2 is 2.11 bits per heavy atom. The third-order valence-corrected chi connectivity index (χ3v) is 3.80. The standard InChI is InChI=1S/C17H15N5O5/c1-10-4-5-12(8-13(10)22(25)26)19-14(23)9-27-17(24)15-11(2)20-21-7-3-6-18-16(15)21/h3-8H,9H2,1-2H3,(H,19,23). The van der Waals surface area contributed by atoms with Crippen molar-refractivity contribution in [1.82, 2.24) is 14.6 Å². The molecule has 0 aliphatic carbocycles. The van der Waals surface area contributed by atoms with Gasteiger partial charge in [-0.1, -0.05) is 6.07 Å². The number of benzene rings is 1. The minimum atomic E-state index is -0.730. The van der Waals surface area contributed by atoms with Gasteiger partial charge < -0.3 is 10.1 Å². The number of ether oxygens (including phenoxy) is 1. The van der Waals surface area contributed by atoms with Crippen molar-refractivity contribution in [2.45, 2.75) is 13.8 Å². The minimum Gasteiger partial charge on any atom is -0.452 e. The van der Waals surface area contributed by atoms with Crippen LogP contribution in [-0.4, -0.2) is 38.0 Å². The quantitative estimate of drug-likeness (QED) is 0.414. The van der Waals surface area contributed by atoms with Gasteiger partial charge in [-0.25, -0.2) is 14.3 Å². The van der Waals surface area contributed by atoms with Crippen LogP contribution in [0.25, 0.3) is 5.65 Å². The lowest BCUT2D eigenvalue weighted by molar-refractivity contribution is -0.385. The molecule has 138 valence electrons. The monoisotopic (exact) mass is 369 g/mol. The summed E-state index contributed by atoms with van der Waals surface area (Å²) in [5.41, 5.74) is 1.53. The number of aromatic nitrogens is 3. The lowest BCUT2D eigenvalue weighted by Crippen LogP contribution is -2.21. The van der Waals surface area contributed by atoms with Crippen molar-refractivity contribution in [1.29, 1.82) is 0 Å². The largest absolute Gasteiger partial charge is 0.452 e. The molecule has 1 N–H and O–H groups in total. The molecule has 0 bridgehead atoms. The molecule has 0 saturated carbocycles. The summed E-state index contributed by atoms with van der Waals surface area (Å²) >= 11 is 0. The summed E-state index contributed by atoms with van der Waals surface area (Å²) in [7, 11) is 0. The molecule has 0 radical (unpaired) electrons. The molecule has 0 atom stereocenters. The molecule has 10 nitrogen and oxygen atoms in total. The Balaban J connectivity index is 1.67. The molecule has 3 aromatic rings. The number of esters is 1. The summed E-state index contributed by atoms with van der Waals surface area (Å²) in [6.45, 7) is 2.68. The lowest BCUT2D eigenvalue weighted by Gasteiger charge is -2.07. The first kappa shape index (κ1) is 18.0. The van der Waals surface area contributed by atoms with Gasteiger partial charge in [-0.3, -0.25) is 14.9 Å². The maximum Gasteiger partial charge on any atom is 0.344 e. The topological polar surface area (TPSA) is 129 Å². The molecule has 0 unspecified atom stereocenters. The second-order valence-electron chi connectivity index (χ2n) is 5.73. The Labute approximate surface area is 152 Å². The van der Waals surface area contributed by atoms with E-state index < -0.39 is 23.4 Å². The van der Waals surface area contributed by atoms with Gasteiger partial charge in [0.2, 0.25) is 0 Å². The Bertz CT molecular complexity index is 1060. The zero-order chi connectivity index (χ0) is 19.6. The van der Waals surface area contributed by atoms with Gasteiger partial charge in [-0.2, -0.15) is 5.10 Å². The zero-order valence-corrected chi connectivity index (χ0v) is 14.5. The molecule has 2 heterocycles. The Hall–Kier alpha value is -3.82. The summed E-state index contributed by atoms with van der Waals surface area (Å²) in [4.78, 5) is 38.8. The van der Waals surface area contributed by atoms with Crippen LogP contribution in [0.3, 0.4) is 0 Å². The zero-order valence-electron chi connectivity index (χ0n) is 14.5. The highest BCUT2D eigenvalue weighted by atomic mass is 16.6. The van der Waals surface area contributed by atoms with Gasteiger partial charge in [-0.05, 0) is 26.0 Å². The van der Waals surface area contributed by atoms with E-state index in [1.807, 2.05) is 0 Å². The number of aryl methyl sites for hydroxylation is 2. The molecule has 3 rings (SSSR count). The molecule has 0 aliphatic rings. The molecule has 0 aliphatic heterocycles. The average Bonchev–Trinajstić information content (AvgIpc) is 2.97. The number of rotatable bonds is 5. The van der Waals surface area contributed by atoms with Crippen LogP contribution in [0.1, 0.15) is 21.6 Å². The van der Waals surface area contributed by atoms with E-state index in [1.165, 1.54) is 28.9 Å². The van der Waals surface area contributed by atoms with Crippen LogP contribution in [0.4, 0.5) is 11.4 Å². The van der Waals surface area contributed by atoms with Crippen molar-refractivity contribution >= 4 is 28.9 Å². The highest BCUT2D eigenvalue weighted by molar-refractivity contribution is 5.99. The van der Waals surface area contributed by atoms with Crippen LogP contribution in [0, 0.1) is 24.0 Å². The number of nitro benzene ring substituents is 1. The predicted molar refractivity (Wildman–Crippen MR) is 94.5 cm³/mol. The number of anilines is 1. The number of hydrogen-bond acceptors (Lipinski definition) is 7. The number of nitrogens with zero attached hydrogens (tertiary/aromatic N) is 4. The van der Waals surface area contributed by atoms with E-state index in [0.29, 0.717) is 16.9 Å². The minimum absolute atomic E-state index is 0.113. The molecule has 27 heavy (non-hydrogen) atoms. The van der Waals surface area contributed by atoms with Crippen molar-refractivity contribution < 1.29 is 19.2 Å². The molecule has 0 spiro atoms. The van der Waals surface area contributed by atoms with Gasteiger partial charge in [-0.15, -0.1) is 0 Å². The van der Waals surface area contributed by atoms with E-state index in [9.17, 15) is 19.7 Å². The number of carbonyl (C=O) groups is 2. The number of hydrogen-bond donors (Lipinski definition) is 1. The molecule has 1 aromatic carbocycles. The number of nitro groups is 1. The fourth-order valence-electron chi connectivity index (χ4n) is 2.52. The Morgan fingerprint density at radius 3 is 2.85 bits per heavy atom. The van der Waals surface area contributed by atoms with Crippen molar-refractivity contribution in [2.75, 3.05) is 11.9 Å². The molecular weight excluding hydrogens is 354 g/mol. The molecule has 10 heteroatoms. The van der Waals surface area contributed by atoms with Crippen LogP contribution >= 0.6 is 0 Å². The first-order valence-corrected chi connectivity index (χ1v) is 7.89. The van der Waals surface area contributed by atoms with Crippen molar-refractivity contribution in [3.05, 3.63) is 63.6 Å². The van der Waals surface area contributed by atoms with Crippen molar-refractivity contribution in [3.63, 3.8) is 0 Å². The van der Waals surface area contributed by atoms with Gasteiger partial charge in [0.25, 0.3) is 11.6 Å². The smallest absolute Gasteiger partial charge is 0.344 e. The summed E-state index contributed by atoms with van der Waals surface area (Å²) in [5, 5.41) is 17.6.